The van der Waals surface area contributed by atoms with Gasteiger partial charge in [-0.25, -0.2) is 9.36 Å². The van der Waals surface area contributed by atoms with Crippen molar-refractivity contribution in [3.8, 4) is 5.75 Å². The number of hydrogen-bond donors (Lipinski definition) is 3. The van der Waals surface area contributed by atoms with Crippen LogP contribution in [0.3, 0.4) is 0 Å². The van der Waals surface area contributed by atoms with Gasteiger partial charge in [0.25, 0.3) is 5.56 Å². The number of halogens is 1. The minimum absolute atomic E-state index is 0.129. The molecular formula is C22H27ClN3O9P. The molecule has 4 rings (SSSR count). The van der Waals surface area contributed by atoms with Crippen molar-refractivity contribution in [2.75, 3.05) is 13.2 Å². The maximum atomic E-state index is 13.6. The van der Waals surface area contributed by atoms with Crippen LogP contribution in [0.5, 0.6) is 5.75 Å². The molecule has 36 heavy (non-hydrogen) atoms. The van der Waals surface area contributed by atoms with E-state index in [1.807, 2.05) is 0 Å². The highest BCUT2D eigenvalue weighted by Crippen LogP contribution is 2.62. The van der Waals surface area contributed by atoms with Gasteiger partial charge < -0.3 is 19.1 Å². The zero-order valence-corrected chi connectivity index (χ0v) is 21.2. The molecule has 1 aromatic carbocycles. The van der Waals surface area contributed by atoms with Gasteiger partial charge >= 0.3 is 19.4 Å². The average Bonchev–Trinajstić information content (AvgIpc) is 3.58. The fourth-order valence-electron chi connectivity index (χ4n) is 4.12. The van der Waals surface area contributed by atoms with Crippen LogP contribution in [0.25, 0.3) is 0 Å². The Balaban J connectivity index is 1.52. The summed E-state index contributed by atoms with van der Waals surface area (Å²) in [5, 5.41) is 14.0. The van der Waals surface area contributed by atoms with Gasteiger partial charge in [-0.1, -0.05) is 11.6 Å². The fraction of sp³-hybridized carbons (Fsp3) is 0.500. The molecule has 196 valence electrons. The maximum Gasteiger partial charge on any atom is 0.459 e. The lowest BCUT2D eigenvalue weighted by atomic mass is 9.96. The summed E-state index contributed by atoms with van der Waals surface area (Å²) in [5.41, 5.74) is -1.97. The lowest BCUT2D eigenvalue weighted by molar-refractivity contribution is -0.144. The van der Waals surface area contributed by atoms with Gasteiger partial charge in [-0.3, -0.25) is 23.7 Å². The number of hydrogen-bond acceptors (Lipinski definition) is 9. The molecule has 1 unspecified atom stereocenters. The summed E-state index contributed by atoms with van der Waals surface area (Å²) in [6, 6.07) is 6.17. The summed E-state index contributed by atoms with van der Waals surface area (Å²) < 4.78 is 37.0. The Morgan fingerprint density at radius 1 is 1.33 bits per heavy atom. The summed E-state index contributed by atoms with van der Waals surface area (Å²) in [6.07, 6.45) is -0.408. The number of rotatable bonds is 10. The largest absolute Gasteiger partial charge is 0.465 e. The van der Waals surface area contributed by atoms with Crippen molar-refractivity contribution < 1.29 is 33.0 Å². The van der Waals surface area contributed by atoms with Crippen molar-refractivity contribution in [1.82, 2.24) is 14.6 Å². The third-order valence-electron chi connectivity index (χ3n) is 6.11. The molecule has 0 radical (unpaired) electrons. The molecule has 1 aliphatic carbocycles. The molecule has 14 heteroatoms. The fourth-order valence-corrected chi connectivity index (χ4v) is 5.74. The molecule has 0 amide bonds. The van der Waals surface area contributed by atoms with Crippen molar-refractivity contribution >= 4 is 25.3 Å². The highest BCUT2D eigenvalue weighted by Gasteiger charge is 2.64. The highest BCUT2D eigenvalue weighted by molar-refractivity contribution is 7.52. The van der Waals surface area contributed by atoms with Gasteiger partial charge in [-0.05, 0) is 51.0 Å². The number of benzene rings is 1. The number of aliphatic hydroxyl groups is 1. The molecule has 2 aromatic rings. The minimum atomic E-state index is -4.20. The molecule has 1 aliphatic heterocycles. The topological polar surface area (TPSA) is 158 Å². The quantitative estimate of drug-likeness (QED) is 0.299. The first kappa shape index (κ1) is 26.6. The monoisotopic (exact) mass is 543 g/mol. The number of aromatic amines is 1. The zero-order chi connectivity index (χ0) is 26.1. The van der Waals surface area contributed by atoms with Crippen molar-refractivity contribution in [1.29, 1.82) is 0 Å². The number of H-pyrrole nitrogens is 1. The van der Waals surface area contributed by atoms with E-state index in [-0.39, 0.29) is 19.0 Å². The minimum Gasteiger partial charge on any atom is -0.465 e. The van der Waals surface area contributed by atoms with Gasteiger partial charge in [0.1, 0.15) is 24.1 Å². The van der Waals surface area contributed by atoms with E-state index in [2.05, 4.69) is 10.1 Å². The summed E-state index contributed by atoms with van der Waals surface area (Å²) >= 11 is 5.90. The molecule has 5 atom stereocenters. The van der Waals surface area contributed by atoms with Crippen molar-refractivity contribution in [3.05, 3.63) is 62.4 Å². The second-order valence-corrected chi connectivity index (χ2v) is 10.8. The van der Waals surface area contributed by atoms with Crippen LogP contribution in [0.15, 0.2) is 46.1 Å². The van der Waals surface area contributed by atoms with Crippen LogP contribution in [-0.2, 0) is 23.4 Å². The van der Waals surface area contributed by atoms with Crippen LogP contribution in [-0.4, -0.2) is 52.1 Å². The molecule has 1 saturated carbocycles. The molecule has 3 N–H and O–H groups in total. The average molecular weight is 544 g/mol. The van der Waals surface area contributed by atoms with Crippen LogP contribution in [0.2, 0.25) is 5.02 Å². The number of esters is 1. The van der Waals surface area contributed by atoms with Crippen molar-refractivity contribution in [3.63, 3.8) is 0 Å². The first-order valence-corrected chi connectivity index (χ1v) is 13.3. The van der Waals surface area contributed by atoms with E-state index in [9.17, 15) is 24.1 Å². The van der Waals surface area contributed by atoms with E-state index in [0.29, 0.717) is 17.9 Å². The second kappa shape index (κ2) is 10.5. The van der Waals surface area contributed by atoms with E-state index in [1.54, 1.807) is 6.92 Å². The first-order valence-electron chi connectivity index (χ1n) is 11.4. The van der Waals surface area contributed by atoms with Gasteiger partial charge in [0.05, 0.1) is 19.3 Å². The number of aliphatic hydroxyl groups excluding tert-OH is 1. The zero-order valence-electron chi connectivity index (χ0n) is 19.6. The molecule has 2 fully saturated rings. The van der Waals surface area contributed by atoms with Gasteiger partial charge in [0.15, 0.2) is 0 Å². The van der Waals surface area contributed by atoms with Crippen molar-refractivity contribution in [2.24, 2.45) is 5.41 Å². The van der Waals surface area contributed by atoms with E-state index in [1.165, 1.54) is 48.0 Å². The summed E-state index contributed by atoms with van der Waals surface area (Å²) in [6.45, 7) is 2.83. The smallest absolute Gasteiger partial charge is 0.459 e. The van der Waals surface area contributed by atoms with Gasteiger partial charge in [-0.2, -0.15) is 5.09 Å². The molecule has 1 spiro atoms. The molecule has 12 nitrogen and oxygen atoms in total. The van der Waals surface area contributed by atoms with Crippen LogP contribution >= 0.6 is 19.3 Å². The summed E-state index contributed by atoms with van der Waals surface area (Å²) in [5.74, 6) is -0.497. The second-order valence-electron chi connectivity index (χ2n) is 8.66. The number of nitrogens with zero attached hydrogens (tertiary/aromatic N) is 1. The number of carbonyl (C=O) groups is 1. The third-order valence-corrected chi connectivity index (χ3v) is 8.00. The van der Waals surface area contributed by atoms with Gasteiger partial charge in [0, 0.05) is 22.7 Å². The molecule has 1 aromatic heterocycles. The summed E-state index contributed by atoms with van der Waals surface area (Å²) in [7, 11) is -4.20. The lowest BCUT2D eigenvalue weighted by Crippen LogP contribution is -2.37. The normalized spacial score (nSPS) is 24.7. The summed E-state index contributed by atoms with van der Waals surface area (Å²) in [4.78, 5) is 38.1. The number of carbonyl (C=O) groups excluding carboxylic acids is 1. The number of nitrogens with one attached hydrogen (secondary N) is 2. The van der Waals surface area contributed by atoms with Crippen LogP contribution in [0.4, 0.5) is 0 Å². The van der Waals surface area contributed by atoms with Crippen molar-refractivity contribution in [2.45, 2.75) is 51.2 Å². The molecule has 2 aliphatic rings. The van der Waals surface area contributed by atoms with E-state index in [0.717, 1.165) is 0 Å². The molecular weight excluding hydrogens is 517 g/mol. The van der Waals surface area contributed by atoms with Gasteiger partial charge in [-0.15, -0.1) is 0 Å². The lowest BCUT2D eigenvalue weighted by Gasteiger charge is -2.24. The highest BCUT2D eigenvalue weighted by atomic mass is 35.5. The Kier molecular flexibility index (Phi) is 7.75. The molecule has 1 saturated heterocycles. The third kappa shape index (κ3) is 5.59. The Morgan fingerprint density at radius 3 is 2.64 bits per heavy atom. The molecule has 0 bridgehead atoms. The Hall–Kier alpha value is -2.47. The Morgan fingerprint density at radius 2 is 2.03 bits per heavy atom. The predicted octanol–water partition coefficient (Wildman–Crippen LogP) is 1.97. The first-order chi connectivity index (χ1) is 17.1. The maximum absolute atomic E-state index is 13.6. The van der Waals surface area contributed by atoms with Gasteiger partial charge in [0.2, 0.25) is 0 Å². The van der Waals surface area contributed by atoms with E-state index >= 15 is 0 Å². The molecule has 2 heterocycles. The number of ether oxygens (including phenoxy) is 2. The standard InChI is InChI=1S/C22H27ClN3O9P/c1-3-32-19(29)13(2)25-36(31,35-15-6-4-14(23)5-7-15)33-12-16-18(28)22(9-10-22)20(34-16)26-11-8-17(27)24-21(26)30/h4-8,11,13,16,18,20,28H,3,9-10,12H2,1-2H3,(H,25,31)(H,24,27,30)/t13-,16+,18+,20+,36?/m0/s1. The number of aromatic nitrogens is 2. The van der Waals surface area contributed by atoms with E-state index < -0.39 is 54.9 Å². The Labute approximate surface area is 211 Å². The predicted molar refractivity (Wildman–Crippen MR) is 128 cm³/mol. The Bertz CT molecular complexity index is 1260. The van der Waals surface area contributed by atoms with E-state index in [4.69, 9.17) is 30.1 Å². The van der Waals surface area contributed by atoms with Crippen LogP contribution in [0.1, 0.15) is 32.9 Å². The van der Waals surface area contributed by atoms with Crippen LogP contribution in [0, 0.1) is 5.41 Å². The van der Waals surface area contributed by atoms with Crippen LogP contribution < -0.4 is 20.9 Å². The SMILES string of the molecule is CCOC(=O)[C@H](C)NP(=O)(OC[C@H]1O[C@@H](n2ccc(=O)[nH]c2=O)C2(CC2)[C@@H]1O)Oc1ccc(Cl)cc1.